The van der Waals surface area contributed by atoms with Crippen LogP contribution in [0, 0.1) is 6.92 Å². The van der Waals surface area contributed by atoms with Gasteiger partial charge in [0.25, 0.3) is 0 Å². The molecule has 0 aliphatic carbocycles. The Morgan fingerprint density at radius 3 is 2.83 bits per heavy atom. The van der Waals surface area contributed by atoms with Gasteiger partial charge in [0.15, 0.2) is 0 Å². The molecule has 0 atom stereocenters. The third-order valence-corrected chi connectivity index (χ3v) is 1.84. The molecule has 1 rings (SSSR count). The van der Waals surface area contributed by atoms with Crippen LogP contribution < -0.4 is 5.73 Å². The maximum absolute atomic E-state index is 5.52. The van der Waals surface area contributed by atoms with Crippen molar-refractivity contribution >= 4 is 0 Å². The van der Waals surface area contributed by atoms with Crippen LogP contribution in [0.2, 0.25) is 0 Å². The van der Waals surface area contributed by atoms with Crippen LogP contribution in [0.3, 0.4) is 0 Å². The molecule has 1 aromatic rings. The van der Waals surface area contributed by atoms with Gasteiger partial charge in [-0.1, -0.05) is 12.2 Å². The number of hydrogen-bond donors (Lipinski definition) is 1. The van der Waals surface area contributed by atoms with Crippen molar-refractivity contribution in [1.29, 1.82) is 0 Å². The monoisotopic (exact) mass is 165 g/mol. The van der Waals surface area contributed by atoms with E-state index in [0.29, 0.717) is 6.54 Å². The van der Waals surface area contributed by atoms with Crippen molar-refractivity contribution in [3.05, 3.63) is 29.6 Å². The lowest BCUT2D eigenvalue weighted by atomic mass is 10.2. The molecule has 0 aliphatic heterocycles. The highest BCUT2D eigenvalue weighted by Gasteiger charge is 2.03. The molecular weight excluding hydrogens is 150 g/mol. The van der Waals surface area contributed by atoms with Gasteiger partial charge in [-0.3, -0.25) is 4.68 Å². The van der Waals surface area contributed by atoms with Gasteiger partial charge in [-0.15, -0.1) is 0 Å². The van der Waals surface area contributed by atoms with E-state index in [4.69, 9.17) is 5.73 Å². The fourth-order valence-electron chi connectivity index (χ4n) is 1.10. The lowest BCUT2D eigenvalue weighted by molar-refractivity contribution is 0.656. The molecule has 0 saturated heterocycles. The van der Waals surface area contributed by atoms with Gasteiger partial charge < -0.3 is 5.73 Å². The maximum Gasteiger partial charge on any atom is 0.0617 e. The molecule has 12 heavy (non-hydrogen) atoms. The molecule has 1 heterocycles. The van der Waals surface area contributed by atoms with Crippen LogP contribution in [0.1, 0.15) is 18.2 Å². The summed E-state index contributed by atoms with van der Waals surface area (Å²) in [5.74, 6) is 0. The van der Waals surface area contributed by atoms with E-state index in [2.05, 4.69) is 11.7 Å². The first-order chi connectivity index (χ1) is 5.65. The predicted molar refractivity (Wildman–Crippen MR) is 49.7 cm³/mol. The molecule has 0 spiro atoms. The van der Waals surface area contributed by atoms with Crippen molar-refractivity contribution in [3.63, 3.8) is 0 Å². The van der Waals surface area contributed by atoms with Crippen LogP contribution in [-0.4, -0.2) is 9.78 Å². The van der Waals surface area contributed by atoms with Crippen LogP contribution in [-0.2, 0) is 13.1 Å². The first kappa shape index (κ1) is 9.00. The molecule has 3 nitrogen and oxygen atoms in total. The minimum Gasteiger partial charge on any atom is -0.326 e. The van der Waals surface area contributed by atoms with Gasteiger partial charge in [0.05, 0.1) is 12.7 Å². The number of allylic oxidation sites excluding steroid dienone is 1. The Kier molecular flexibility index (Phi) is 2.65. The summed E-state index contributed by atoms with van der Waals surface area (Å²) in [6, 6.07) is 0. The van der Waals surface area contributed by atoms with Crippen molar-refractivity contribution in [2.45, 2.75) is 26.9 Å². The maximum atomic E-state index is 5.52. The average Bonchev–Trinajstić information content (AvgIpc) is 2.32. The van der Waals surface area contributed by atoms with Gasteiger partial charge >= 0.3 is 0 Å². The molecule has 2 N–H and O–H groups in total. The van der Waals surface area contributed by atoms with Gasteiger partial charge in [-0.05, 0) is 13.8 Å². The summed E-state index contributed by atoms with van der Waals surface area (Å²) in [7, 11) is 0. The fraction of sp³-hybridized carbons (Fsp3) is 0.444. The molecule has 0 saturated carbocycles. The van der Waals surface area contributed by atoms with Crippen LogP contribution in [0.5, 0.6) is 0 Å². The van der Waals surface area contributed by atoms with Gasteiger partial charge in [-0.2, -0.15) is 5.10 Å². The van der Waals surface area contributed by atoms with E-state index in [-0.39, 0.29) is 0 Å². The largest absolute Gasteiger partial charge is 0.326 e. The second-order valence-corrected chi connectivity index (χ2v) is 3.07. The topological polar surface area (TPSA) is 43.8 Å². The normalized spacial score (nSPS) is 10.2. The molecule has 3 heteroatoms. The van der Waals surface area contributed by atoms with Crippen LogP contribution in [0.4, 0.5) is 0 Å². The first-order valence-corrected chi connectivity index (χ1v) is 4.01. The number of rotatable bonds is 3. The summed E-state index contributed by atoms with van der Waals surface area (Å²) < 4.78 is 1.92. The summed E-state index contributed by atoms with van der Waals surface area (Å²) in [5, 5.41) is 4.20. The zero-order valence-electron chi connectivity index (χ0n) is 7.67. The molecule has 1 aromatic heterocycles. The zero-order chi connectivity index (χ0) is 9.14. The lowest BCUT2D eigenvalue weighted by Gasteiger charge is -2.03. The third kappa shape index (κ3) is 1.74. The highest BCUT2D eigenvalue weighted by atomic mass is 15.3. The predicted octanol–water partition coefficient (Wildman–Crippen LogP) is 1.23. The number of aromatic nitrogens is 2. The first-order valence-electron chi connectivity index (χ1n) is 4.01. The third-order valence-electron chi connectivity index (χ3n) is 1.84. The van der Waals surface area contributed by atoms with Crippen LogP contribution in [0.25, 0.3) is 0 Å². The summed E-state index contributed by atoms with van der Waals surface area (Å²) >= 11 is 0. The SMILES string of the molecule is C=C(C)Cn1ncc(CN)c1C. The summed E-state index contributed by atoms with van der Waals surface area (Å²) in [6.45, 7) is 9.19. The molecule has 0 fully saturated rings. The van der Waals surface area contributed by atoms with Gasteiger partial charge in [0.1, 0.15) is 0 Å². The van der Waals surface area contributed by atoms with E-state index in [1.165, 1.54) is 0 Å². The second kappa shape index (κ2) is 3.54. The van der Waals surface area contributed by atoms with Crippen LogP contribution >= 0.6 is 0 Å². The molecule has 0 bridgehead atoms. The Bertz CT molecular complexity index is 286. The molecule has 0 aliphatic rings. The minimum atomic E-state index is 0.558. The Balaban J connectivity index is 2.87. The standard InChI is InChI=1S/C9H15N3/c1-7(2)6-12-8(3)9(4-10)5-11-12/h5H,1,4,6,10H2,2-3H3. The average molecular weight is 165 g/mol. The van der Waals surface area contributed by atoms with Crippen molar-refractivity contribution in [3.8, 4) is 0 Å². The van der Waals surface area contributed by atoms with E-state index in [1.807, 2.05) is 24.7 Å². The molecular formula is C9H15N3. The lowest BCUT2D eigenvalue weighted by Crippen LogP contribution is -2.04. The number of nitrogens with two attached hydrogens (primary N) is 1. The van der Waals surface area contributed by atoms with Crippen molar-refractivity contribution < 1.29 is 0 Å². The minimum absolute atomic E-state index is 0.558. The van der Waals surface area contributed by atoms with Gasteiger partial charge in [-0.25, -0.2) is 0 Å². The highest BCUT2D eigenvalue weighted by molar-refractivity contribution is 5.16. The highest BCUT2D eigenvalue weighted by Crippen LogP contribution is 2.07. The van der Waals surface area contributed by atoms with Gasteiger partial charge in [0.2, 0.25) is 0 Å². The Morgan fingerprint density at radius 1 is 1.75 bits per heavy atom. The summed E-state index contributed by atoms with van der Waals surface area (Å²) in [5.41, 5.74) is 8.87. The fourth-order valence-corrected chi connectivity index (χ4v) is 1.10. The van der Waals surface area contributed by atoms with E-state index in [0.717, 1.165) is 23.4 Å². The smallest absolute Gasteiger partial charge is 0.0617 e. The van der Waals surface area contributed by atoms with E-state index >= 15 is 0 Å². The van der Waals surface area contributed by atoms with Crippen LogP contribution in [0.15, 0.2) is 18.3 Å². The number of hydrogen-bond acceptors (Lipinski definition) is 2. The second-order valence-electron chi connectivity index (χ2n) is 3.07. The van der Waals surface area contributed by atoms with Crippen molar-refractivity contribution in [1.82, 2.24) is 9.78 Å². The Labute approximate surface area is 72.9 Å². The van der Waals surface area contributed by atoms with E-state index in [9.17, 15) is 0 Å². The molecule has 0 aromatic carbocycles. The van der Waals surface area contributed by atoms with Crippen molar-refractivity contribution in [2.75, 3.05) is 0 Å². The van der Waals surface area contributed by atoms with Crippen molar-refractivity contribution in [2.24, 2.45) is 5.73 Å². The molecule has 0 amide bonds. The Morgan fingerprint density at radius 2 is 2.42 bits per heavy atom. The molecule has 66 valence electrons. The molecule has 0 unspecified atom stereocenters. The zero-order valence-corrected chi connectivity index (χ0v) is 7.67. The number of nitrogens with zero attached hydrogens (tertiary/aromatic N) is 2. The van der Waals surface area contributed by atoms with Gasteiger partial charge in [0, 0.05) is 17.8 Å². The molecule has 0 radical (unpaired) electrons. The summed E-state index contributed by atoms with van der Waals surface area (Å²) in [4.78, 5) is 0. The quantitative estimate of drug-likeness (QED) is 0.684. The Hall–Kier alpha value is -1.09. The van der Waals surface area contributed by atoms with E-state index < -0.39 is 0 Å². The summed E-state index contributed by atoms with van der Waals surface area (Å²) in [6.07, 6.45) is 1.82. The van der Waals surface area contributed by atoms with E-state index in [1.54, 1.807) is 0 Å².